The zero-order chi connectivity index (χ0) is 20.4. The number of aromatic nitrogens is 4. The van der Waals surface area contributed by atoms with Crippen LogP contribution in [0.3, 0.4) is 0 Å². The fourth-order valence-corrected chi connectivity index (χ4v) is 4.72. The Morgan fingerprint density at radius 2 is 1.93 bits per heavy atom. The lowest BCUT2D eigenvalue weighted by Gasteiger charge is -2.41. The monoisotopic (exact) mass is 398 g/mol. The maximum absolute atomic E-state index is 5.81. The normalized spacial score (nSPS) is 21.8. The maximum atomic E-state index is 5.81. The topological polar surface area (TPSA) is 59.3 Å². The Kier molecular flexibility index (Phi) is 6.15. The minimum Gasteiger partial charge on any atom is -0.376 e. The second kappa shape index (κ2) is 8.79. The van der Waals surface area contributed by atoms with E-state index in [2.05, 4.69) is 71.2 Å². The van der Waals surface area contributed by atoms with Crippen molar-refractivity contribution < 1.29 is 4.74 Å². The van der Waals surface area contributed by atoms with Crippen molar-refractivity contribution in [1.29, 1.82) is 0 Å². The van der Waals surface area contributed by atoms with E-state index in [1.54, 1.807) is 0 Å². The van der Waals surface area contributed by atoms with Crippen LogP contribution in [-0.4, -0.2) is 64.0 Å². The van der Waals surface area contributed by atoms with Crippen molar-refractivity contribution in [3.63, 3.8) is 0 Å². The number of piperazine rings is 1. The van der Waals surface area contributed by atoms with Gasteiger partial charge in [0.15, 0.2) is 5.82 Å². The third-order valence-electron chi connectivity index (χ3n) is 6.27. The molecule has 0 bridgehead atoms. The minimum atomic E-state index is 0.229. The molecule has 3 heterocycles. The molecule has 0 amide bonds. The van der Waals surface area contributed by atoms with Crippen LogP contribution >= 0.6 is 0 Å². The van der Waals surface area contributed by atoms with Crippen molar-refractivity contribution in [3.8, 4) is 0 Å². The molecule has 0 radical (unpaired) electrons. The van der Waals surface area contributed by atoms with Crippen molar-refractivity contribution >= 4 is 5.69 Å². The SMILES string of the molecule is Cc1ccc(C)c(N2CCN([C@@H](c3nnnn3C[C@@H]3CCCO3)C(C)C)CC2)c1. The van der Waals surface area contributed by atoms with Crippen LogP contribution in [0.15, 0.2) is 18.2 Å². The van der Waals surface area contributed by atoms with E-state index in [0.717, 1.165) is 58.0 Å². The summed E-state index contributed by atoms with van der Waals surface area (Å²) in [7, 11) is 0. The van der Waals surface area contributed by atoms with Crippen LogP contribution in [0.25, 0.3) is 0 Å². The zero-order valence-corrected chi connectivity index (χ0v) is 18.2. The molecule has 2 aromatic rings. The molecule has 2 saturated heterocycles. The van der Waals surface area contributed by atoms with E-state index in [-0.39, 0.29) is 12.1 Å². The molecule has 2 aliphatic rings. The van der Waals surface area contributed by atoms with Gasteiger partial charge in [-0.1, -0.05) is 26.0 Å². The number of hydrogen-bond donors (Lipinski definition) is 0. The highest BCUT2D eigenvalue weighted by Crippen LogP contribution is 2.30. The molecule has 7 nitrogen and oxygen atoms in total. The van der Waals surface area contributed by atoms with Crippen LogP contribution in [0, 0.1) is 19.8 Å². The molecule has 0 N–H and O–H groups in total. The Labute approximate surface area is 174 Å². The van der Waals surface area contributed by atoms with Gasteiger partial charge in [0.05, 0.1) is 18.7 Å². The Bertz CT molecular complexity index is 805. The molecule has 2 aliphatic heterocycles. The molecule has 2 fully saturated rings. The molecule has 0 saturated carbocycles. The predicted octanol–water partition coefficient (Wildman–Crippen LogP) is 2.99. The van der Waals surface area contributed by atoms with Crippen LogP contribution < -0.4 is 4.90 Å². The second-order valence-electron chi connectivity index (χ2n) is 8.86. The molecule has 2 atom stereocenters. The van der Waals surface area contributed by atoms with E-state index in [4.69, 9.17) is 4.74 Å². The molecule has 1 aromatic heterocycles. The molecule has 29 heavy (non-hydrogen) atoms. The summed E-state index contributed by atoms with van der Waals surface area (Å²) >= 11 is 0. The molecule has 4 rings (SSSR count). The predicted molar refractivity (Wildman–Crippen MR) is 114 cm³/mol. The number of tetrazole rings is 1. The van der Waals surface area contributed by atoms with Gasteiger partial charge in [-0.25, -0.2) is 4.68 Å². The highest BCUT2D eigenvalue weighted by atomic mass is 16.5. The number of benzene rings is 1. The summed E-state index contributed by atoms with van der Waals surface area (Å²) < 4.78 is 7.80. The van der Waals surface area contributed by atoms with Crippen LogP contribution in [-0.2, 0) is 11.3 Å². The molecule has 158 valence electrons. The fraction of sp³-hybridized carbons (Fsp3) is 0.682. The average molecular weight is 399 g/mol. The quantitative estimate of drug-likeness (QED) is 0.746. The summed E-state index contributed by atoms with van der Waals surface area (Å²) in [5.74, 6) is 1.42. The van der Waals surface area contributed by atoms with E-state index in [0.29, 0.717) is 5.92 Å². The number of aryl methyl sites for hydroxylation is 2. The largest absolute Gasteiger partial charge is 0.376 e. The Hall–Kier alpha value is -1.99. The van der Waals surface area contributed by atoms with Gasteiger partial charge in [-0.05, 0) is 60.2 Å². The molecular weight excluding hydrogens is 364 g/mol. The van der Waals surface area contributed by atoms with Gasteiger partial charge in [0, 0.05) is 38.5 Å². The number of nitrogens with zero attached hydrogens (tertiary/aromatic N) is 6. The van der Waals surface area contributed by atoms with Crippen LogP contribution in [0.5, 0.6) is 0 Å². The van der Waals surface area contributed by atoms with Crippen LogP contribution in [0.4, 0.5) is 5.69 Å². The summed E-state index contributed by atoms with van der Waals surface area (Å²) in [4.78, 5) is 5.08. The van der Waals surface area contributed by atoms with Gasteiger partial charge in [-0.2, -0.15) is 0 Å². The molecule has 7 heteroatoms. The van der Waals surface area contributed by atoms with E-state index in [1.165, 1.54) is 16.8 Å². The van der Waals surface area contributed by atoms with E-state index >= 15 is 0 Å². The number of ether oxygens (including phenoxy) is 1. The highest BCUT2D eigenvalue weighted by molar-refractivity contribution is 5.55. The number of rotatable bonds is 6. The summed E-state index contributed by atoms with van der Waals surface area (Å²) in [5, 5.41) is 12.8. The zero-order valence-electron chi connectivity index (χ0n) is 18.2. The molecule has 0 spiro atoms. The first kappa shape index (κ1) is 20.3. The molecule has 0 aliphatic carbocycles. The third-order valence-corrected chi connectivity index (χ3v) is 6.27. The summed E-state index contributed by atoms with van der Waals surface area (Å²) in [6, 6.07) is 6.96. The first-order chi connectivity index (χ1) is 14.0. The number of hydrogen-bond acceptors (Lipinski definition) is 6. The fourth-order valence-electron chi connectivity index (χ4n) is 4.72. The molecular formula is C22H34N6O. The first-order valence-corrected chi connectivity index (χ1v) is 11.0. The Balaban J connectivity index is 1.47. The van der Waals surface area contributed by atoms with Crippen molar-refractivity contribution in [3.05, 3.63) is 35.2 Å². The van der Waals surface area contributed by atoms with Gasteiger partial charge >= 0.3 is 0 Å². The second-order valence-corrected chi connectivity index (χ2v) is 8.86. The van der Waals surface area contributed by atoms with Gasteiger partial charge in [-0.3, -0.25) is 4.90 Å². The van der Waals surface area contributed by atoms with Gasteiger partial charge in [0.1, 0.15) is 0 Å². The standard InChI is InChI=1S/C22H34N6O/c1-16(2)21(22-23-24-25-28(22)15-19-6-5-13-29-19)27-11-9-26(10-12-27)20-14-17(3)7-8-18(20)4/h7-8,14,16,19,21H,5-6,9-13,15H2,1-4H3/t19-,21+/m0/s1. The lowest BCUT2D eigenvalue weighted by molar-refractivity contribution is 0.0865. The third kappa shape index (κ3) is 4.46. The van der Waals surface area contributed by atoms with Crippen molar-refractivity contribution in [1.82, 2.24) is 25.1 Å². The number of anilines is 1. The van der Waals surface area contributed by atoms with Gasteiger partial charge in [0.2, 0.25) is 0 Å². The molecule has 1 aromatic carbocycles. The lowest BCUT2D eigenvalue weighted by Crippen LogP contribution is -2.49. The van der Waals surface area contributed by atoms with Gasteiger partial charge in [0.25, 0.3) is 0 Å². The highest BCUT2D eigenvalue weighted by Gasteiger charge is 2.32. The Morgan fingerprint density at radius 3 is 2.62 bits per heavy atom. The Morgan fingerprint density at radius 1 is 1.14 bits per heavy atom. The average Bonchev–Trinajstić information content (AvgIpc) is 3.37. The maximum Gasteiger partial charge on any atom is 0.168 e. The van der Waals surface area contributed by atoms with E-state index in [1.807, 2.05) is 4.68 Å². The van der Waals surface area contributed by atoms with Gasteiger partial charge in [-0.15, -0.1) is 5.10 Å². The van der Waals surface area contributed by atoms with Crippen molar-refractivity contribution in [2.45, 2.75) is 59.2 Å². The lowest BCUT2D eigenvalue weighted by atomic mass is 10.00. The smallest absolute Gasteiger partial charge is 0.168 e. The summed E-state index contributed by atoms with van der Waals surface area (Å²) in [6.45, 7) is 14.6. The van der Waals surface area contributed by atoms with Crippen molar-refractivity contribution in [2.75, 3.05) is 37.7 Å². The summed E-state index contributed by atoms with van der Waals surface area (Å²) in [6.07, 6.45) is 2.47. The van der Waals surface area contributed by atoms with Crippen molar-refractivity contribution in [2.24, 2.45) is 5.92 Å². The first-order valence-electron chi connectivity index (χ1n) is 11.0. The van der Waals surface area contributed by atoms with E-state index in [9.17, 15) is 0 Å². The molecule has 0 unspecified atom stereocenters. The van der Waals surface area contributed by atoms with Crippen LogP contribution in [0.2, 0.25) is 0 Å². The van der Waals surface area contributed by atoms with Gasteiger partial charge < -0.3 is 9.64 Å². The minimum absolute atomic E-state index is 0.229. The van der Waals surface area contributed by atoms with Crippen LogP contribution in [0.1, 0.15) is 49.7 Å². The van der Waals surface area contributed by atoms with E-state index < -0.39 is 0 Å². The summed E-state index contributed by atoms with van der Waals surface area (Å²) in [5.41, 5.74) is 4.04.